The molecule has 0 bridgehead atoms. The van der Waals surface area contributed by atoms with Crippen LogP contribution in [0.25, 0.3) is 0 Å². The number of nitriles is 1. The number of aromatic nitrogens is 1. The molecule has 10 heteroatoms. The van der Waals surface area contributed by atoms with Crippen LogP contribution >= 0.6 is 15.9 Å². The van der Waals surface area contributed by atoms with E-state index in [-0.39, 0.29) is 18.4 Å². The fraction of sp³-hybridized carbons (Fsp3) is 0.647. The van der Waals surface area contributed by atoms with E-state index in [2.05, 4.69) is 25.6 Å². The zero-order valence-electron chi connectivity index (χ0n) is 15.7. The molecule has 1 aliphatic rings. The van der Waals surface area contributed by atoms with E-state index in [1.165, 1.54) is 19.2 Å². The van der Waals surface area contributed by atoms with Crippen molar-refractivity contribution in [3.05, 3.63) is 28.2 Å². The van der Waals surface area contributed by atoms with Crippen molar-refractivity contribution < 1.29 is 17.4 Å². The second-order valence-electron chi connectivity index (χ2n) is 8.03. The van der Waals surface area contributed by atoms with E-state index in [0.717, 1.165) is 0 Å². The van der Waals surface area contributed by atoms with Crippen LogP contribution in [-0.2, 0) is 26.7 Å². The number of nitrogens with zero attached hydrogens (tertiary/aromatic N) is 2. The molecule has 0 amide bonds. The van der Waals surface area contributed by atoms with Crippen LogP contribution in [-0.4, -0.2) is 33.2 Å². The van der Waals surface area contributed by atoms with Gasteiger partial charge in [-0.3, -0.25) is 0 Å². The number of pyridine rings is 1. The summed E-state index contributed by atoms with van der Waals surface area (Å²) in [5, 5.41) is 9.45. The fourth-order valence-corrected chi connectivity index (χ4v) is 6.47. The lowest BCUT2D eigenvalue weighted by Crippen LogP contribution is -2.57. The summed E-state index contributed by atoms with van der Waals surface area (Å²) >= 11 is 1.54. The summed E-state index contributed by atoms with van der Waals surface area (Å²) in [6.07, 6.45) is 2.42. The van der Waals surface area contributed by atoms with E-state index in [1.54, 1.807) is 20.8 Å². The number of hydrogen-bond acceptors (Lipinski definition) is 6. The Labute approximate surface area is 171 Å². The molecule has 0 aliphatic heterocycles. The largest absolute Gasteiger partial charge is 0.598 e. The van der Waals surface area contributed by atoms with Gasteiger partial charge >= 0.3 is 0 Å². The Morgan fingerprint density at radius 3 is 2.48 bits per heavy atom. The molecule has 27 heavy (non-hydrogen) atoms. The Morgan fingerprint density at radius 1 is 1.44 bits per heavy atom. The third-order valence-corrected chi connectivity index (χ3v) is 9.54. The van der Waals surface area contributed by atoms with Crippen molar-refractivity contribution in [3.63, 3.8) is 0 Å². The third kappa shape index (κ3) is 4.48. The highest BCUT2D eigenvalue weighted by Crippen LogP contribution is 2.42. The predicted molar refractivity (Wildman–Crippen MR) is 106 cm³/mol. The van der Waals surface area contributed by atoms with Crippen molar-refractivity contribution in [2.24, 2.45) is 0 Å². The maximum Gasteiger partial charge on any atom is 0.218 e. The molecule has 0 radical (unpaired) electrons. The molecule has 1 heterocycles. The normalized spacial score (nSPS) is 20.2. The first-order valence-corrected chi connectivity index (χ1v) is 12.0. The summed E-state index contributed by atoms with van der Waals surface area (Å²) in [6.45, 7) is 6.65. The van der Waals surface area contributed by atoms with Crippen LogP contribution in [0.3, 0.4) is 0 Å². The number of nitrogens with one attached hydrogen (secondary N) is 1. The average Bonchev–Trinajstić information content (AvgIpc) is 2.47. The highest BCUT2D eigenvalue weighted by Gasteiger charge is 2.53. The maximum absolute atomic E-state index is 14.5. The minimum atomic E-state index is -3.93. The van der Waals surface area contributed by atoms with Crippen LogP contribution in [0.1, 0.15) is 52.5 Å². The SMILES string of the molecule is CC(C)(C)[S+]([O-])N[C@@](C)(CS(=O)(=O)C1(C#N)CCC1)c1cc(Br)cnc1F. The van der Waals surface area contributed by atoms with Crippen molar-refractivity contribution in [3.8, 4) is 6.07 Å². The summed E-state index contributed by atoms with van der Waals surface area (Å²) in [5.74, 6) is -1.42. The quantitative estimate of drug-likeness (QED) is 0.496. The Balaban J connectivity index is 2.53. The monoisotopic (exact) mass is 479 g/mol. The lowest BCUT2D eigenvalue weighted by atomic mass is 9.86. The first kappa shape index (κ1) is 22.6. The summed E-state index contributed by atoms with van der Waals surface area (Å²) in [4.78, 5) is 3.65. The van der Waals surface area contributed by atoms with E-state index in [1.807, 2.05) is 6.07 Å². The first-order valence-electron chi connectivity index (χ1n) is 8.41. The Kier molecular flexibility index (Phi) is 6.35. The molecule has 0 spiro atoms. The lowest BCUT2D eigenvalue weighted by molar-refractivity contribution is 0.387. The van der Waals surface area contributed by atoms with Gasteiger partial charge in [0.2, 0.25) is 5.95 Å². The van der Waals surface area contributed by atoms with E-state index >= 15 is 0 Å². The van der Waals surface area contributed by atoms with Gasteiger partial charge in [-0.15, -0.1) is 4.72 Å². The molecule has 1 fully saturated rings. The highest BCUT2D eigenvalue weighted by molar-refractivity contribution is 9.10. The molecule has 0 aromatic carbocycles. The fourth-order valence-electron chi connectivity index (χ4n) is 2.84. The smallest absolute Gasteiger partial charge is 0.218 e. The van der Waals surface area contributed by atoms with Gasteiger partial charge in [0.1, 0.15) is 10.3 Å². The second-order valence-corrected chi connectivity index (χ2v) is 13.2. The van der Waals surface area contributed by atoms with E-state index in [0.29, 0.717) is 10.9 Å². The molecule has 2 rings (SSSR count). The van der Waals surface area contributed by atoms with Crippen molar-refractivity contribution in [1.29, 1.82) is 5.26 Å². The Hall–Kier alpha value is -0.730. The van der Waals surface area contributed by atoms with Crippen LogP contribution in [0.15, 0.2) is 16.7 Å². The molecule has 1 N–H and O–H groups in total. The van der Waals surface area contributed by atoms with Gasteiger partial charge in [-0.25, -0.2) is 13.4 Å². The van der Waals surface area contributed by atoms with Crippen LogP contribution in [0.5, 0.6) is 0 Å². The number of rotatable bonds is 6. The van der Waals surface area contributed by atoms with Crippen LogP contribution in [0.4, 0.5) is 4.39 Å². The van der Waals surface area contributed by atoms with Gasteiger partial charge in [0.25, 0.3) is 0 Å². The van der Waals surface area contributed by atoms with E-state index < -0.39 is 47.9 Å². The Morgan fingerprint density at radius 2 is 2.04 bits per heavy atom. The molecule has 1 saturated carbocycles. The summed E-state index contributed by atoms with van der Waals surface area (Å²) in [7, 11) is -3.93. The minimum absolute atomic E-state index is 0.0227. The van der Waals surface area contributed by atoms with Crippen molar-refractivity contribution in [2.45, 2.75) is 62.0 Å². The summed E-state index contributed by atoms with van der Waals surface area (Å²) in [6, 6.07) is 3.35. The zero-order chi connectivity index (χ0) is 20.7. The first-order chi connectivity index (χ1) is 12.3. The topological polar surface area (TPSA) is 106 Å². The van der Waals surface area contributed by atoms with E-state index in [9.17, 15) is 22.6 Å². The van der Waals surface area contributed by atoms with E-state index in [4.69, 9.17) is 0 Å². The van der Waals surface area contributed by atoms with Crippen LogP contribution in [0, 0.1) is 17.3 Å². The van der Waals surface area contributed by atoms with Crippen molar-refractivity contribution in [1.82, 2.24) is 9.71 Å². The molecule has 2 atom stereocenters. The van der Waals surface area contributed by atoms with Crippen LogP contribution < -0.4 is 4.72 Å². The van der Waals surface area contributed by atoms with Gasteiger partial charge in [0.05, 0.1) is 11.8 Å². The van der Waals surface area contributed by atoms with Crippen molar-refractivity contribution in [2.75, 3.05) is 5.75 Å². The van der Waals surface area contributed by atoms with Gasteiger partial charge in [-0.05, 0) is 69.0 Å². The minimum Gasteiger partial charge on any atom is -0.598 e. The number of hydrogen-bond donors (Lipinski definition) is 1. The third-order valence-electron chi connectivity index (χ3n) is 4.71. The molecule has 150 valence electrons. The number of sulfone groups is 1. The molecule has 6 nitrogen and oxygen atoms in total. The number of halogens is 2. The Bertz CT molecular complexity index is 863. The summed E-state index contributed by atoms with van der Waals surface area (Å²) in [5.41, 5.74) is -1.55. The van der Waals surface area contributed by atoms with Gasteiger partial charge < -0.3 is 4.55 Å². The standard InChI is InChI=1S/C17H23BrFN3O3S2/c1-15(2,3)26(23)22-16(4,13-8-12(18)9-21-14(13)19)11-27(24,25)17(10-20)6-5-7-17/h8-9,22H,5-7,11H2,1-4H3/t16-,26?/m0/s1. The van der Waals surface area contributed by atoms with Gasteiger partial charge in [0, 0.05) is 27.6 Å². The maximum atomic E-state index is 14.5. The molecule has 1 unspecified atom stereocenters. The summed E-state index contributed by atoms with van der Waals surface area (Å²) < 4.78 is 54.5. The molecular weight excluding hydrogens is 457 g/mol. The zero-order valence-corrected chi connectivity index (χ0v) is 18.9. The van der Waals surface area contributed by atoms with Gasteiger partial charge in [-0.2, -0.15) is 9.65 Å². The second kappa shape index (κ2) is 7.59. The molecular formula is C17H23BrFN3O3S2. The molecule has 1 aromatic rings. The highest BCUT2D eigenvalue weighted by atomic mass is 79.9. The van der Waals surface area contributed by atoms with Gasteiger partial charge in [-0.1, -0.05) is 0 Å². The van der Waals surface area contributed by atoms with Crippen molar-refractivity contribution >= 4 is 37.1 Å². The average molecular weight is 480 g/mol. The molecule has 1 aromatic heterocycles. The lowest BCUT2D eigenvalue weighted by Gasteiger charge is -2.39. The van der Waals surface area contributed by atoms with Gasteiger partial charge in [0.15, 0.2) is 14.6 Å². The van der Waals surface area contributed by atoms with Crippen LogP contribution in [0.2, 0.25) is 0 Å². The molecule has 1 aliphatic carbocycles. The predicted octanol–water partition coefficient (Wildman–Crippen LogP) is 3.11. The molecule has 0 saturated heterocycles.